The summed E-state index contributed by atoms with van der Waals surface area (Å²) in [7, 11) is 0. The Labute approximate surface area is 120 Å². The quantitative estimate of drug-likeness (QED) is 0.914. The van der Waals surface area contributed by atoms with Gasteiger partial charge in [-0.3, -0.25) is 0 Å². The number of hydrogen-bond donors (Lipinski definition) is 1. The van der Waals surface area contributed by atoms with Crippen molar-refractivity contribution in [3.8, 4) is 0 Å². The van der Waals surface area contributed by atoms with Gasteiger partial charge in [-0.05, 0) is 38.9 Å². The van der Waals surface area contributed by atoms with Crippen LogP contribution in [0.15, 0.2) is 16.6 Å². The molecule has 2 heterocycles. The summed E-state index contributed by atoms with van der Waals surface area (Å²) in [6.45, 7) is 6.18. The Balaban J connectivity index is 2.26. The van der Waals surface area contributed by atoms with E-state index in [1.54, 1.807) is 0 Å². The Bertz CT molecular complexity index is 615. The first-order chi connectivity index (χ1) is 9.08. The molecular weight excluding hydrogens is 309 g/mol. The summed E-state index contributed by atoms with van der Waals surface area (Å²) in [5, 5.41) is 3.35. The number of hydrogen-bond acceptors (Lipinski definition) is 2. The van der Waals surface area contributed by atoms with E-state index in [2.05, 4.69) is 44.6 Å². The summed E-state index contributed by atoms with van der Waals surface area (Å²) in [6.07, 6.45) is 1.07. The van der Waals surface area contributed by atoms with Crippen LogP contribution in [0.25, 0.3) is 11.0 Å². The molecule has 5 heteroatoms. The average molecular weight is 326 g/mol. The van der Waals surface area contributed by atoms with Gasteiger partial charge in [-0.15, -0.1) is 0 Å². The Morgan fingerprint density at radius 1 is 1.47 bits per heavy atom. The molecule has 1 aliphatic rings. The fraction of sp³-hybridized carbons (Fsp3) is 0.500. The van der Waals surface area contributed by atoms with Gasteiger partial charge in [-0.1, -0.05) is 15.9 Å². The van der Waals surface area contributed by atoms with Crippen LogP contribution in [0.5, 0.6) is 0 Å². The van der Waals surface area contributed by atoms with Gasteiger partial charge in [-0.2, -0.15) is 0 Å². The van der Waals surface area contributed by atoms with Crippen molar-refractivity contribution >= 4 is 27.0 Å². The maximum absolute atomic E-state index is 14.1. The third kappa shape index (κ3) is 2.19. The van der Waals surface area contributed by atoms with Gasteiger partial charge < -0.3 is 9.88 Å². The molecule has 1 aliphatic heterocycles. The van der Waals surface area contributed by atoms with Crippen molar-refractivity contribution in [2.45, 2.75) is 32.2 Å². The van der Waals surface area contributed by atoms with Crippen molar-refractivity contribution in [2.24, 2.45) is 0 Å². The zero-order chi connectivity index (χ0) is 13.6. The number of rotatable bonds is 2. The van der Waals surface area contributed by atoms with Crippen LogP contribution in [-0.2, 0) is 0 Å². The van der Waals surface area contributed by atoms with Gasteiger partial charge in [0.1, 0.15) is 11.3 Å². The molecule has 1 fully saturated rings. The zero-order valence-electron chi connectivity index (χ0n) is 11.1. The molecule has 0 aliphatic carbocycles. The normalized spacial score (nSPS) is 19.7. The zero-order valence-corrected chi connectivity index (χ0v) is 12.7. The van der Waals surface area contributed by atoms with Crippen molar-refractivity contribution in [1.82, 2.24) is 14.9 Å². The van der Waals surface area contributed by atoms with Crippen LogP contribution in [0.3, 0.4) is 0 Å². The second-order valence-electron chi connectivity index (χ2n) is 5.38. The number of benzene rings is 1. The largest absolute Gasteiger partial charge is 0.325 e. The number of nitrogens with zero attached hydrogens (tertiary/aromatic N) is 2. The minimum absolute atomic E-state index is 0.254. The van der Waals surface area contributed by atoms with E-state index in [0.717, 1.165) is 35.3 Å². The average Bonchev–Trinajstić information content (AvgIpc) is 2.92. The molecule has 2 aromatic rings. The number of halogens is 2. The first-order valence-corrected chi connectivity index (χ1v) is 7.45. The molecule has 0 spiro atoms. The topological polar surface area (TPSA) is 29.9 Å². The minimum atomic E-state index is -0.254. The predicted octanol–water partition coefficient (Wildman–Crippen LogP) is 3.60. The summed E-state index contributed by atoms with van der Waals surface area (Å²) in [6, 6.07) is 3.71. The molecule has 3 rings (SSSR count). The standard InChI is InChI=1S/C14H17BrFN3/c1-8(2)19-12-6-10(15)5-11(16)13(12)18-14(19)9-3-4-17-7-9/h5-6,8-9,17H,3-4,7H2,1-2H3/t9-/m1/s1. The maximum atomic E-state index is 14.1. The summed E-state index contributed by atoms with van der Waals surface area (Å²) >= 11 is 3.37. The predicted molar refractivity (Wildman–Crippen MR) is 78.0 cm³/mol. The van der Waals surface area contributed by atoms with Crippen molar-refractivity contribution in [3.05, 3.63) is 28.2 Å². The highest BCUT2D eigenvalue weighted by atomic mass is 79.9. The molecule has 0 radical (unpaired) electrons. The molecule has 19 heavy (non-hydrogen) atoms. The van der Waals surface area contributed by atoms with Crippen LogP contribution < -0.4 is 5.32 Å². The molecule has 0 amide bonds. The summed E-state index contributed by atoms with van der Waals surface area (Å²) in [5.74, 6) is 1.14. The minimum Gasteiger partial charge on any atom is -0.325 e. The third-order valence-corrected chi connectivity index (χ3v) is 4.14. The highest BCUT2D eigenvalue weighted by Gasteiger charge is 2.25. The smallest absolute Gasteiger partial charge is 0.152 e. The number of fused-ring (bicyclic) bond motifs is 1. The van der Waals surface area contributed by atoms with E-state index >= 15 is 0 Å². The van der Waals surface area contributed by atoms with Crippen LogP contribution in [0.1, 0.15) is 38.1 Å². The monoisotopic (exact) mass is 325 g/mol. The van der Waals surface area contributed by atoms with Crippen molar-refractivity contribution < 1.29 is 4.39 Å². The summed E-state index contributed by atoms with van der Waals surface area (Å²) in [4.78, 5) is 4.58. The molecule has 102 valence electrons. The molecule has 0 bridgehead atoms. The molecule has 1 saturated heterocycles. The summed E-state index contributed by atoms with van der Waals surface area (Å²) in [5.41, 5.74) is 1.36. The fourth-order valence-corrected chi connectivity index (χ4v) is 3.26. The Kier molecular flexibility index (Phi) is 3.35. The SMILES string of the molecule is CC(C)n1c([C@@H]2CCNC2)nc2c(F)cc(Br)cc21. The molecule has 1 N–H and O–H groups in total. The molecule has 1 atom stereocenters. The van der Waals surface area contributed by atoms with E-state index in [1.165, 1.54) is 6.07 Å². The van der Waals surface area contributed by atoms with Gasteiger partial charge in [0, 0.05) is 23.0 Å². The number of nitrogens with one attached hydrogen (secondary N) is 1. The maximum Gasteiger partial charge on any atom is 0.152 e. The van der Waals surface area contributed by atoms with Gasteiger partial charge in [0.15, 0.2) is 5.82 Å². The van der Waals surface area contributed by atoms with Gasteiger partial charge >= 0.3 is 0 Å². The van der Waals surface area contributed by atoms with E-state index in [4.69, 9.17) is 0 Å². The molecular formula is C14H17BrFN3. The van der Waals surface area contributed by atoms with E-state index in [1.807, 2.05) is 6.07 Å². The van der Waals surface area contributed by atoms with Crippen LogP contribution in [0.4, 0.5) is 4.39 Å². The second kappa shape index (κ2) is 4.87. The van der Waals surface area contributed by atoms with Crippen molar-refractivity contribution in [2.75, 3.05) is 13.1 Å². The van der Waals surface area contributed by atoms with E-state index in [9.17, 15) is 4.39 Å². The molecule has 1 aromatic heterocycles. The van der Waals surface area contributed by atoms with Gasteiger partial charge in [0.2, 0.25) is 0 Å². The van der Waals surface area contributed by atoms with Crippen molar-refractivity contribution in [1.29, 1.82) is 0 Å². The Morgan fingerprint density at radius 3 is 2.89 bits per heavy atom. The first kappa shape index (κ1) is 13.1. The van der Waals surface area contributed by atoms with E-state index in [0.29, 0.717) is 11.4 Å². The molecule has 1 aromatic carbocycles. The van der Waals surface area contributed by atoms with Gasteiger partial charge in [0.25, 0.3) is 0 Å². The number of imidazole rings is 1. The van der Waals surface area contributed by atoms with Gasteiger partial charge in [-0.25, -0.2) is 9.37 Å². The van der Waals surface area contributed by atoms with Gasteiger partial charge in [0.05, 0.1) is 5.52 Å². The Morgan fingerprint density at radius 2 is 2.26 bits per heavy atom. The molecule has 0 unspecified atom stereocenters. The third-order valence-electron chi connectivity index (χ3n) is 3.68. The van der Waals surface area contributed by atoms with E-state index < -0.39 is 0 Å². The fourth-order valence-electron chi connectivity index (χ4n) is 2.84. The highest BCUT2D eigenvalue weighted by Crippen LogP contribution is 2.31. The van der Waals surface area contributed by atoms with Crippen molar-refractivity contribution in [3.63, 3.8) is 0 Å². The van der Waals surface area contributed by atoms with Crippen LogP contribution >= 0.6 is 15.9 Å². The Hall–Kier alpha value is -0.940. The molecule has 3 nitrogen and oxygen atoms in total. The molecule has 0 saturated carbocycles. The second-order valence-corrected chi connectivity index (χ2v) is 6.29. The van der Waals surface area contributed by atoms with E-state index in [-0.39, 0.29) is 11.9 Å². The summed E-state index contributed by atoms with van der Waals surface area (Å²) < 4.78 is 17.0. The lowest BCUT2D eigenvalue weighted by Gasteiger charge is -2.16. The van der Waals surface area contributed by atoms with Crippen LogP contribution in [0, 0.1) is 5.82 Å². The first-order valence-electron chi connectivity index (χ1n) is 6.65. The van der Waals surface area contributed by atoms with Crippen LogP contribution in [0.2, 0.25) is 0 Å². The lowest BCUT2D eigenvalue weighted by molar-refractivity contribution is 0.550. The lowest BCUT2D eigenvalue weighted by Crippen LogP contribution is -2.14. The lowest BCUT2D eigenvalue weighted by atomic mass is 10.1. The highest BCUT2D eigenvalue weighted by molar-refractivity contribution is 9.10. The van der Waals surface area contributed by atoms with Crippen LogP contribution in [-0.4, -0.2) is 22.6 Å². The number of aromatic nitrogens is 2.